The molecule has 0 heterocycles. The SMILES string of the molecule is CCN(CC(=O)O)C(=O)CCc1ccc(OC)c(Br)c1. The molecule has 110 valence electrons. The summed E-state index contributed by atoms with van der Waals surface area (Å²) in [7, 11) is 1.59. The van der Waals surface area contributed by atoms with Crippen LogP contribution in [0.15, 0.2) is 22.7 Å². The van der Waals surface area contributed by atoms with Crippen molar-refractivity contribution in [2.45, 2.75) is 19.8 Å². The number of hydrogen-bond donors (Lipinski definition) is 1. The highest BCUT2D eigenvalue weighted by molar-refractivity contribution is 9.10. The molecule has 0 spiro atoms. The number of amides is 1. The average molecular weight is 344 g/mol. The summed E-state index contributed by atoms with van der Waals surface area (Å²) in [5.74, 6) is -0.407. The van der Waals surface area contributed by atoms with E-state index in [1.165, 1.54) is 4.90 Å². The summed E-state index contributed by atoms with van der Waals surface area (Å²) in [5, 5.41) is 8.73. The first-order valence-electron chi connectivity index (χ1n) is 6.30. The van der Waals surface area contributed by atoms with Crippen molar-refractivity contribution in [3.8, 4) is 5.75 Å². The van der Waals surface area contributed by atoms with Gasteiger partial charge in [-0.1, -0.05) is 6.07 Å². The molecular formula is C14H18BrNO4. The van der Waals surface area contributed by atoms with Crippen molar-refractivity contribution >= 4 is 27.8 Å². The molecule has 0 radical (unpaired) electrons. The molecule has 1 N–H and O–H groups in total. The summed E-state index contributed by atoms with van der Waals surface area (Å²) >= 11 is 3.39. The quantitative estimate of drug-likeness (QED) is 0.824. The number of carboxylic acids is 1. The van der Waals surface area contributed by atoms with E-state index < -0.39 is 5.97 Å². The molecule has 0 bridgehead atoms. The first kappa shape index (κ1) is 16.5. The molecule has 0 saturated heterocycles. The zero-order valence-electron chi connectivity index (χ0n) is 11.6. The second-order valence-corrected chi connectivity index (χ2v) is 5.12. The Labute approximate surface area is 126 Å². The van der Waals surface area contributed by atoms with Gasteiger partial charge in [0.25, 0.3) is 0 Å². The fraction of sp³-hybridized carbons (Fsp3) is 0.429. The molecule has 1 amide bonds. The van der Waals surface area contributed by atoms with Crippen LogP contribution in [0, 0.1) is 0 Å². The Morgan fingerprint density at radius 3 is 2.60 bits per heavy atom. The second kappa shape index (κ2) is 7.89. The van der Waals surface area contributed by atoms with Gasteiger partial charge < -0.3 is 14.7 Å². The number of aryl methyl sites for hydroxylation is 1. The van der Waals surface area contributed by atoms with Crippen molar-refractivity contribution in [2.75, 3.05) is 20.2 Å². The first-order chi connectivity index (χ1) is 9.47. The highest BCUT2D eigenvalue weighted by Crippen LogP contribution is 2.26. The van der Waals surface area contributed by atoms with Gasteiger partial charge in [0.2, 0.25) is 5.91 Å². The number of nitrogens with zero attached hydrogens (tertiary/aromatic N) is 1. The number of ether oxygens (including phenoxy) is 1. The summed E-state index contributed by atoms with van der Waals surface area (Å²) in [6.45, 7) is 1.92. The van der Waals surface area contributed by atoms with Crippen LogP contribution >= 0.6 is 15.9 Å². The van der Waals surface area contributed by atoms with E-state index in [-0.39, 0.29) is 12.5 Å². The zero-order chi connectivity index (χ0) is 15.1. The van der Waals surface area contributed by atoms with E-state index >= 15 is 0 Å². The molecule has 1 rings (SSSR count). The van der Waals surface area contributed by atoms with E-state index in [2.05, 4.69) is 15.9 Å². The Balaban J connectivity index is 2.59. The Hall–Kier alpha value is -1.56. The van der Waals surface area contributed by atoms with Gasteiger partial charge in [0.05, 0.1) is 11.6 Å². The molecule has 0 aliphatic carbocycles. The van der Waals surface area contributed by atoms with Crippen molar-refractivity contribution in [3.05, 3.63) is 28.2 Å². The summed E-state index contributed by atoms with van der Waals surface area (Å²) in [6.07, 6.45) is 0.859. The number of carbonyl (C=O) groups is 2. The fourth-order valence-electron chi connectivity index (χ4n) is 1.81. The Morgan fingerprint density at radius 2 is 2.10 bits per heavy atom. The van der Waals surface area contributed by atoms with E-state index in [1.54, 1.807) is 14.0 Å². The third-order valence-corrected chi connectivity index (χ3v) is 3.52. The summed E-state index contributed by atoms with van der Waals surface area (Å²) in [6, 6.07) is 5.63. The standard InChI is InChI=1S/C14H18BrNO4/c1-3-16(9-14(18)19)13(17)7-5-10-4-6-12(20-2)11(15)8-10/h4,6,8H,3,5,7,9H2,1-2H3,(H,18,19). The van der Waals surface area contributed by atoms with Crippen LogP contribution in [0.3, 0.4) is 0 Å². The van der Waals surface area contributed by atoms with Crippen LogP contribution in [-0.2, 0) is 16.0 Å². The third-order valence-electron chi connectivity index (χ3n) is 2.90. The molecule has 1 aromatic carbocycles. The lowest BCUT2D eigenvalue weighted by Gasteiger charge is -2.18. The molecule has 0 fully saturated rings. The first-order valence-corrected chi connectivity index (χ1v) is 7.09. The molecule has 0 aliphatic rings. The van der Waals surface area contributed by atoms with Gasteiger partial charge in [-0.3, -0.25) is 9.59 Å². The maximum atomic E-state index is 11.9. The van der Waals surface area contributed by atoms with Crippen LogP contribution < -0.4 is 4.74 Å². The van der Waals surface area contributed by atoms with Crippen LogP contribution in [-0.4, -0.2) is 42.1 Å². The molecule has 0 unspecified atom stereocenters. The monoisotopic (exact) mass is 343 g/mol. The minimum absolute atomic E-state index is 0.151. The molecule has 1 aromatic rings. The minimum atomic E-state index is -0.993. The van der Waals surface area contributed by atoms with Crippen molar-refractivity contribution in [3.63, 3.8) is 0 Å². The second-order valence-electron chi connectivity index (χ2n) is 4.27. The highest BCUT2D eigenvalue weighted by Gasteiger charge is 2.14. The Bertz CT molecular complexity index is 490. The molecule has 0 atom stereocenters. The molecule has 5 nitrogen and oxygen atoms in total. The van der Waals surface area contributed by atoms with E-state index in [1.807, 2.05) is 18.2 Å². The van der Waals surface area contributed by atoms with Crippen LogP contribution in [0.1, 0.15) is 18.9 Å². The minimum Gasteiger partial charge on any atom is -0.496 e. The van der Waals surface area contributed by atoms with Crippen molar-refractivity contribution in [2.24, 2.45) is 0 Å². The number of carbonyl (C=O) groups excluding carboxylic acids is 1. The lowest BCUT2D eigenvalue weighted by Crippen LogP contribution is -2.35. The van der Waals surface area contributed by atoms with Gasteiger partial charge in [-0.05, 0) is 47.0 Å². The fourth-order valence-corrected chi connectivity index (χ4v) is 2.40. The van der Waals surface area contributed by atoms with E-state index in [0.29, 0.717) is 19.4 Å². The molecule has 20 heavy (non-hydrogen) atoms. The zero-order valence-corrected chi connectivity index (χ0v) is 13.1. The van der Waals surface area contributed by atoms with Gasteiger partial charge in [-0.15, -0.1) is 0 Å². The van der Waals surface area contributed by atoms with Gasteiger partial charge in [-0.2, -0.15) is 0 Å². The predicted molar refractivity (Wildman–Crippen MR) is 78.9 cm³/mol. The lowest BCUT2D eigenvalue weighted by molar-refractivity contribution is -0.144. The lowest BCUT2D eigenvalue weighted by atomic mass is 10.1. The predicted octanol–water partition coefficient (Wildman–Crippen LogP) is 2.32. The summed E-state index contributed by atoms with van der Waals surface area (Å²) in [4.78, 5) is 23.9. The Morgan fingerprint density at radius 1 is 1.40 bits per heavy atom. The normalized spacial score (nSPS) is 10.2. The molecule has 0 saturated carbocycles. The summed E-state index contributed by atoms with van der Waals surface area (Å²) in [5.41, 5.74) is 0.998. The van der Waals surface area contributed by atoms with E-state index in [4.69, 9.17) is 9.84 Å². The number of methoxy groups -OCH3 is 1. The van der Waals surface area contributed by atoms with Gasteiger partial charge in [-0.25, -0.2) is 0 Å². The molecule has 0 aliphatic heterocycles. The van der Waals surface area contributed by atoms with Gasteiger partial charge >= 0.3 is 5.97 Å². The van der Waals surface area contributed by atoms with E-state index in [9.17, 15) is 9.59 Å². The number of halogens is 1. The van der Waals surface area contributed by atoms with Gasteiger partial charge in [0, 0.05) is 13.0 Å². The number of carboxylic acid groups (broad SMARTS) is 1. The van der Waals surface area contributed by atoms with Crippen molar-refractivity contribution < 1.29 is 19.4 Å². The van der Waals surface area contributed by atoms with E-state index in [0.717, 1.165) is 15.8 Å². The number of benzene rings is 1. The van der Waals surface area contributed by atoms with Crippen LogP contribution in [0.25, 0.3) is 0 Å². The average Bonchev–Trinajstić information content (AvgIpc) is 2.42. The van der Waals surface area contributed by atoms with Crippen molar-refractivity contribution in [1.82, 2.24) is 4.90 Å². The third kappa shape index (κ3) is 4.85. The maximum absolute atomic E-state index is 11.9. The number of hydrogen-bond acceptors (Lipinski definition) is 3. The number of likely N-dealkylation sites (N-methyl/N-ethyl adjacent to an activating group) is 1. The topological polar surface area (TPSA) is 66.8 Å². The number of rotatable bonds is 7. The van der Waals surface area contributed by atoms with Crippen LogP contribution in [0.2, 0.25) is 0 Å². The van der Waals surface area contributed by atoms with Crippen LogP contribution in [0.5, 0.6) is 5.75 Å². The van der Waals surface area contributed by atoms with Gasteiger partial charge in [0.1, 0.15) is 12.3 Å². The van der Waals surface area contributed by atoms with Gasteiger partial charge in [0.15, 0.2) is 0 Å². The highest BCUT2D eigenvalue weighted by atomic mass is 79.9. The van der Waals surface area contributed by atoms with Crippen molar-refractivity contribution in [1.29, 1.82) is 0 Å². The molecular weight excluding hydrogens is 326 g/mol. The smallest absolute Gasteiger partial charge is 0.323 e. The Kier molecular flexibility index (Phi) is 6.51. The maximum Gasteiger partial charge on any atom is 0.323 e. The largest absolute Gasteiger partial charge is 0.496 e. The number of aliphatic carboxylic acids is 1. The van der Waals surface area contributed by atoms with Crippen LogP contribution in [0.4, 0.5) is 0 Å². The molecule has 0 aromatic heterocycles. The summed E-state index contributed by atoms with van der Waals surface area (Å²) < 4.78 is 5.97. The molecule has 6 heteroatoms.